The van der Waals surface area contributed by atoms with Crippen LogP contribution in [0, 0.1) is 0 Å². The van der Waals surface area contributed by atoms with Crippen molar-refractivity contribution in [2.45, 2.75) is 24.8 Å². The lowest BCUT2D eigenvalue weighted by Gasteiger charge is -2.28. The van der Waals surface area contributed by atoms with Crippen LogP contribution in [0.2, 0.25) is 0 Å². The van der Waals surface area contributed by atoms with E-state index in [0.29, 0.717) is 13.0 Å². The van der Waals surface area contributed by atoms with Gasteiger partial charge in [-0.15, -0.1) is 0 Å². The number of ether oxygens (including phenoxy) is 1. The first-order chi connectivity index (χ1) is 9.15. The summed E-state index contributed by atoms with van der Waals surface area (Å²) >= 11 is 0. The molecule has 0 saturated carbocycles. The van der Waals surface area contributed by atoms with Gasteiger partial charge in [0.25, 0.3) is 0 Å². The molecule has 1 N–H and O–H groups in total. The third-order valence-corrected chi connectivity index (χ3v) is 3.54. The van der Waals surface area contributed by atoms with Crippen LogP contribution in [0.4, 0.5) is 4.79 Å². The molecular formula is C14H17NO4. The first-order valence-corrected chi connectivity index (χ1v) is 6.27. The van der Waals surface area contributed by atoms with Gasteiger partial charge in [-0.2, -0.15) is 0 Å². The van der Waals surface area contributed by atoms with E-state index in [4.69, 9.17) is 4.74 Å². The minimum Gasteiger partial charge on any atom is -0.468 e. The highest BCUT2D eigenvalue weighted by Crippen LogP contribution is 2.32. The topological polar surface area (TPSA) is 66.8 Å². The number of benzene rings is 1. The molecule has 0 radical (unpaired) electrons. The SMILES string of the molecule is COC(=O)C(c1ccccc1)C1CCCN1C(=O)O. The van der Waals surface area contributed by atoms with Crippen LogP contribution in [0.5, 0.6) is 0 Å². The maximum atomic E-state index is 12.0. The van der Waals surface area contributed by atoms with E-state index in [2.05, 4.69) is 0 Å². The molecule has 2 unspecified atom stereocenters. The largest absolute Gasteiger partial charge is 0.468 e. The highest BCUT2D eigenvalue weighted by Gasteiger charge is 2.39. The van der Waals surface area contributed by atoms with Gasteiger partial charge in [0.2, 0.25) is 0 Å². The number of hydrogen-bond acceptors (Lipinski definition) is 3. The summed E-state index contributed by atoms with van der Waals surface area (Å²) in [4.78, 5) is 24.6. The molecule has 5 heteroatoms. The summed E-state index contributed by atoms with van der Waals surface area (Å²) in [5.41, 5.74) is 0.799. The Hall–Kier alpha value is -2.04. The Bertz CT molecular complexity index is 460. The van der Waals surface area contributed by atoms with Gasteiger partial charge < -0.3 is 14.7 Å². The molecule has 2 atom stereocenters. The molecule has 1 heterocycles. The molecule has 2 rings (SSSR count). The van der Waals surface area contributed by atoms with Crippen LogP contribution in [0.25, 0.3) is 0 Å². The van der Waals surface area contributed by atoms with Crippen molar-refractivity contribution >= 4 is 12.1 Å². The van der Waals surface area contributed by atoms with Gasteiger partial charge in [0.05, 0.1) is 13.2 Å². The fourth-order valence-electron chi connectivity index (χ4n) is 2.68. The Morgan fingerprint density at radius 1 is 1.37 bits per heavy atom. The summed E-state index contributed by atoms with van der Waals surface area (Å²) in [5, 5.41) is 9.21. The Morgan fingerprint density at radius 3 is 2.63 bits per heavy atom. The van der Waals surface area contributed by atoms with E-state index >= 15 is 0 Å². The number of carbonyl (C=O) groups is 2. The van der Waals surface area contributed by atoms with Crippen molar-refractivity contribution in [2.75, 3.05) is 13.7 Å². The van der Waals surface area contributed by atoms with Gasteiger partial charge in [0, 0.05) is 6.54 Å². The maximum Gasteiger partial charge on any atom is 0.407 e. The molecule has 0 spiro atoms. The number of likely N-dealkylation sites (tertiary alicyclic amines) is 1. The van der Waals surface area contributed by atoms with Crippen LogP contribution >= 0.6 is 0 Å². The molecule has 0 aliphatic carbocycles. The van der Waals surface area contributed by atoms with Gasteiger partial charge in [-0.05, 0) is 18.4 Å². The number of nitrogens with zero attached hydrogens (tertiary/aromatic N) is 1. The number of carbonyl (C=O) groups excluding carboxylic acids is 1. The van der Waals surface area contributed by atoms with E-state index in [0.717, 1.165) is 12.0 Å². The summed E-state index contributed by atoms with van der Waals surface area (Å²) in [6.45, 7) is 0.473. The van der Waals surface area contributed by atoms with Crippen LogP contribution in [0.15, 0.2) is 30.3 Å². The van der Waals surface area contributed by atoms with E-state index < -0.39 is 12.0 Å². The maximum absolute atomic E-state index is 12.0. The number of carboxylic acid groups (broad SMARTS) is 1. The summed E-state index contributed by atoms with van der Waals surface area (Å²) in [6.07, 6.45) is 0.477. The molecule has 19 heavy (non-hydrogen) atoms. The minimum atomic E-state index is -0.979. The molecule has 1 aromatic carbocycles. The quantitative estimate of drug-likeness (QED) is 0.848. The van der Waals surface area contributed by atoms with Gasteiger partial charge in [0.1, 0.15) is 5.92 Å². The Morgan fingerprint density at radius 2 is 2.05 bits per heavy atom. The van der Waals surface area contributed by atoms with Crippen molar-refractivity contribution < 1.29 is 19.4 Å². The highest BCUT2D eigenvalue weighted by atomic mass is 16.5. The fourth-order valence-corrected chi connectivity index (χ4v) is 2.68. The minimum absolute atomic E-state index is 0.340. The second-order valence-electron chi connectivity index (χ2n) is 4.60. The second-order valence-corrected chi connectivity index (χ2v) is 4.60. The van der Waals surface area contributed by atoms with Crippen molar-refractivity contribution in [1.29, 1.82) is 0 Å². The fraction of sp³-hybridized carbons (Fsp3) is 0.429. The monoisotopic (exact) mass is 263 g/mol. The lowest BCUT2D eigenvalue weighted by atomic mass is 9.90. The molecule has 102 valence electrons. The van der Waals surface area contributed by atoms with Crippen molar-refractivity contribution in [3.05, 3.63) is 35.9 Å². The molecule has 5 nitrogen and oxygen atoms in total. The Labute approximate surface area is 111 Å². The smallest absolute Gasteiger partial charge is 0.407 e. The molecule has 1 aliphatic heterocycles. The van der Waals surface area contributed by atoms with Gasteiger partial charge in [-0.25, -0.2) is 4.79 Å². The van der Waals surface area contributed by atoms with E-state index in [1.165, 1.54) is 12.0 Å². The molecule has 0 bridgehead atoms. The number of rotatable bonds is 3. The molecule has 0 aromatic heterocycles. The van der Waals surface area contributed by atoms with E-state index in [-0.39, 0.29) is 12.0 Å². The zero-order valence-corrected chi connectivity index (χ0v) is 10.8. The predicted octanol–water partition coefficient (Wildman–Crippen LogP) is 2.09. The van der Waals surface area contributed by atoms with Gasteiger partial charge in [-0.3, -0.25) is 4.79 Å². The third-order valence-electron chi connectivity index (χ3n) is 3.54. The standard InChI is InChI=1S/C14H17NO4/c1-19-13(16)12(10-6-3-2-4-7-10)11-8-5-9-15(11)14(17)18/h2-4,6-7,11-12H,5,8-9H2,1H3,(H,17,18). The molecule has 1 fully saturated rings. The number of esters is 1. The Balaban J connectivity index is 2.33. The highest BCUT2D eigenvalue weighted by molar-refractivity contribution is 5.80. The average Bonchev–Trinajstić information content (AvgIpc) is 2.89. The zero-order valence-electron chi connectivity index (χ0n) is 10.8. The molecule has 1 aliphatic rings. The van der Waals surface area contributed by atoms with Crippen LogP contribution in [-0.2, 0) is 9.53 Å². The Kier molecular flexibility index (Phi) is 4.04. The van der Waals surface area contributed by atoms with Crippen molar-refractivity contribution in [3.8, 4) is 0 Å². The van der Waals surface area contributed by atoms with Crippen LogP contribution < -0.4 is 0 Å². The van der Waals surface area contributed by atoms with Crippen molar-refractivity contribution in [3.63, 3.8) is 0 Å². The number of methoxy groups -OCH3 is 1. The summed E-state index contributed by atoms with van der Waals surface area (Å²) in [7, 11) is 1.33. The first-order valence-electron chi connectivity index (χ1n) is 6.27. The van der Waals surface area contributed by atoms with Crippen LogP contribution in [-0.4, -0.2) is 41.8 Å². The second kappa shape index (κ2) is 5.73. The van der Waals surface area contributed by atoms with E-state index in [1.54, 1.807) is 0 Å². The number of hydrogen-bond donors (Lipinski definition) is 1. The number of amides is 1. The van der Waals surface area contributed by atoms with Gasteiger partial charge in [0.15, 0.2) is 0 Å². The average molecular weight is 263 g/mol. The summed E-state index contributed by atoms with van der Waals surface area (Å²) in [5.74, 6) is -0.936. The molecular weight excluding hydrogens is 246 g/mol. The zero-order chi connectivity index (χ0) is 13.8. The summed E-state index contributed by atoms with van der Waals surface area (Å²) < 4.78 is 4.85. The summed E-state index contributed by atoms with van der Waals surface area (Å²) in [6, 6.07) is 8.87. The van der Waals surface area contributed by atoms with Gasteiger partial charge in [-0.1, -0.05) is 30.3 Å². The van der Waals surface area contributed by atoms with E-state index in [1.807, 2.05) is 30.3 Å². The first kappa shape index (κ1) is 13.4. The molecule has 1 amide bonds. The van der Waals surface area contributed by atoms with Crippen LogP contribution in [0.3, 0.4) is 0 Å². The molecule has 1 aromatic rings. The third kappa shape index (κ3) is 2.70. The lowest BCUT2D eigenvalue weighted by Crippen LogP contribution is -2.41. The van der Waals surface area contributed by atoms with Crippen molar-refractivity contribution in [1.82, 2.24) is 4.90 Å². The predicted molar refractivity (Wildman–Crippen MR) is 69.0 cm³/mol. The molecule has 1 saturated heterocycles. The normalized spacial score (nSPS) is 20.1. The lowest BCUT2D eigenvalue weighted by molar-refractivity contribution is -0.143. The van der Waals surface area contributed by atoms with E-state index in [9.17, 15) is 14.7 Å². The van der Waals surface area contributed by atoms with Crippen LogP contribution in [0.1, 0.15) is 24.3 Å². The van der Waals surface area contributed by atoms with Crippen molar-refractivity contribution in [2.24, 2.45) is 0 Å². The van der Waals surface area contributed by atoms with Gasteiger partial charge >= 0.3 is 12.1 Å².